The highest BCUT2D eigenvalue weighted by molar-refractivity contribution is 5.49. The van der Waals surface area contributed by atoms with Gasteiger partial charge in [0.25, 0.3) is 0 Å². The van der Waals surface area contributed by atoms with Crippen LogP contribution in [0.3, 0.4) is 0 Å². The molecule has 1 aliphatic heterocycles. The van der Waals surface area contributed by atoms with E-state index in [1.165, 1.54) is 12.1 Å². The number of benzene rings is 1. The topological polar surface area (TPSA) is 71.2 Å². The molecule has 10 heteroatoms. The number of nitrogens with zero attached hydrogens (tertiary/aromatic N) is 6. The number of aromatic nitrogens is 4. The average molecular weight is 390 g/mol. The van der Waals surface area contributed by atoms with Crippen molar-refractivity contribution in [1.82, 2.24) is 25.0 Å². The van der Waals surface area contributed by atoms with E-state index >= 15 is 0 Å². The number of piperazine rings is 1. The van der Waals surface area contributed by atoms with Gasteiger partial charge in [-0.1, -0.05) is 11.2 Å². The zero-order valence-electron chi connectivity index (χ0n) is 14.8. The van der Waals surface area contributed by atoms with Crippen LogP contribution in [0.15, 0.2) is 47.4 Å². The smallest absolute Gasteiger partial charge is 0.369 e. The Morgan fingerprint density at radius 3 is 2.61 bits per heavy atom. The summed E-state index contributed by atoms with van der Waals surface area (Å²) in [6.45, 7) is 3.07. The zero-order chi connectivity index (χ0) is 19.6. The summed E-state index contributed by atoms with van der Waals surface area (Å²) in [5, 5.41) is 3.91. The lowest BCUT2D eigenvalue weighted by Crippen LogP contribution is -2.46. The Bertz CT molecular complexity index is 922. The molecule has 0 bridgehead atoms. The highest BCUT2D eigenvalue weighted by Crippen LogP contribution is 2.31. The van der Waals surface area contributed by atoms with Crippen molar-refractivity contribution in [2.75, 3.05) is 31.1 Å². The van der Waals surface area contributed by atoms with Crippen LogP contribution in [0.1, 0.15) is 11.5 Å². The molecule has 0 amide bonds. The average Bonchev–Trinajstić information content (AvgIpc) is 3.17. The first kappa shape index (κ1) is 18.4. The maximum atomic E-state index is 12.9. The maximum Gasteiger partial charge on any atom is 0.416 e. The Labute approximate surface area is 158 Å². The van der Waals surface area contributed by atoms with Gasteiger partial charge in [-0.15, -0.1) is 0 Å². The summed E-state index contributed by atoms with van der Waals surface area (Å²) in [7, 11) is 0. The normalized spacial score (nSPS) is 15.8. The highest BCUT2D eigenvalue weighted by atomic mass is 19.4. The molecule has 3 heterocycles. The molecule has 2 aromatic heterocycles. The Morgan fingerprint density at radius 1 is 1.07 bits per heavy atom. The number of hydrogen-bond donors (Lipinski definition) is 0. The van der Waals surface area contributed by atoms with Crippen molar-refractivity contribution < 1.29 is 17.7 Å². The molecule has 1 aromatic carbocycles. The summed E-state index contributed by atoms with van der Waals surface area (Å²) in [4.78, 5) is 16.5. The van der Waals surface area contributed by atoms with Gasteiger partial charge >= 0.3 is 6.18 Å². The van der Waals surface area contributed by atoms with Crippen molar-refractivity contribution in [3.8, 4) is 11.5 Å². The molecule has 146 valence electrons. The van der Waals surface area contributed by atoms with E-state index in [-0.39, 0.29) is 0 Å². The summed E-state index contributed by atoms with van der Waals surface area (Å²) in [6.07, 6.45) is 0.339. The van der Waals surface area contributed by atoms with Crippen molar-refractivity contribution in [1.29, 1.82) is 0 Å². The van der Waals surface area contributed by atoms with Gasteiger partial charge in [0.05, 0.1) is 18.3 Å². The molecule has 4 rings (SSSR count). The van der Waals surface area contributed by atoms with E-state index in [0.717, 1.165) is 6.07 Å². The van der Waals surface area contributed by atoms with Crippen LogP contribution >= 0.6 is 0 Å². The van der Waals surface area contributed by atoms with E-state index in [1.807, 2.05) is 4.90 Å². The lowest BCUT2D eigenvalue weighted by molar-refractivity contribution is -0.137. The van der Waals surface area contributed by atoms with Crippen molar-refractivity contribution in [3.63, 3.8) is 0 Å². The molecule has 0 N–H and O–H groups in total. The quantitative estimate of drug-likeness (QED) is 0.678. The first-order valence-corrected chi connectivity index (χ1v) is 8.72. The first-order chi connectivity index (χ1) is 13.5. The third-order valence-electron chi connectivity index (χ3n) is 4.53. The molecule has 7 nitrogen and oxygen atoms in total. The minimum atomic E-state index is -4.34. The van der Waals surface area contributed by atoms with Gasteiger partial charge in [-0.3, -0.25) is 9.88 Å². The second kappa shape index (κ2) is 7.55. The third kappa shape index (κ3) is 4.11. The van der Waals surface area contributed by atoms with Gasteiger partial charge in [-0.2, -0.15) is 18.2 Å². The lowest BCUT2D eigenvalue weighted by atomic mass is 10.1. The van der Waals surface area contributed by atoms with Gasteiger partial charge in [0.1, 0.15) is 5.69 Å². The molecular formula is C18H17F3N6O. The third-order valence-corrected chi connectivity index (χ3v) is 4.53. The summed E-state index contributed by atoms with van der Waals surface area (Å²) in [5.41, 5.74) is 0.485. The number of alkyl halides is 3. The molecule has 1 saturated heterocycles. The van der Waals surface area contributed by atoms with E-state index in [1.54, 1.807) is 24.7 Å². The van der Waals surface area contributed by atoms with E-state index < -0.39 is 11.7 Å². The Morgan fingerprint density at radius 2 is 1.89 bits per heavy atom. The Kier molecular flexibility index (Phi) is 4.95. The van der Waals surface area contributed by atoms with Gasteiger partial charge in [-0.25, -0.2) is 4.98 Å². The van der Waals surface area contributed by atoms with Crippen LogP contribution in [0.25, 0.3) is 11.5 Å². The molecule has 28 heavy (non-hydrogen) atoms. The molecule has 0 atom stereocenters. The predicted octanol–water partition coefficient (Wildman–Crippen LogP) is 2.87. The van der Waals surface area contributed by atoms with Crippen molar-refractivity contribution in [2.45, 2.75) is 12.7 Å². The molecule has 1 fully saturated rings. The van der Waals surface area contributed by atoms with E-state index in [0.29, 0.717) is 55.8 Å². The second-order valence-corrected chi connectivity index (χ2v) is 6.41. The lowest BCUT2D eigenvalue weighted by Gasteiger charge is -2.35. The standard InChI is InChI=1S/C18H17F3N6O/c19-18(20,21)13-2-1-3-14(10-13)27-8-6-26(7-9-27)12-16-24-17(25-28-16)15-11-22-4-5-23-15/h1-5,10-11H,6-9,12H2. The molecule has 0 saturated carbocycles. The minimum absolute atomic E-state index is 0.380. The minimum Gasteiger partial charge on any atom is -0.369 e. The van der Waals surface area contributed by atoms with Gasteiger partial charge in [0.15, 0.2) is 0 Å². The van der Waals surface area contributed by atoms with E-state index in [9.17, 15) is 13.2 Å². The van der Waals surface area contributed by atoms with E-state index in [4.69, 9.17) is 4.52 Å². The van der Waals surface area contributed by atoms with Gasteiger partial charge < -0.3 is 9.42 Å². The van der Waals surface area contributed by atoms with Crippen LogP contribution in [0.2, 0.25) is 0 Å². The molecule has 0 radical (unpaired) electrons. The monoisotopic (exact) mass is 390 g/mol. The van der Waals surface area contributed by atoms with Gasteiger partial charge in [0, 0.05) is 44.3 Å². The maximum absolute atomic E-state index is 12.9. The van der Waals surface area contributed by atoms with Crippen LogP contribution < -0.4 is 4.90 Å². The number of rotatable bonds is 4. The number of halogens is 3. The zero-order valence-corrected chi connectivity index (χ0v) is 14.8. The van der Waals surface area contributed by atoms with Crippen LogP contribution in [0, 0.1) is 0 Å². The summed E-state index contributed by atoms with van der Waals surface area (Å²) in [5.74, 6) is 0.846. The van der Waals surface area contributed by atoms with Crippen molar-refractivity contribution in [2.24, 2.45) is 0 Å². The SMILES string of the molecule is FC(F)(F)c1cccc(N2CCN(Cc3nc(-c4cnccn4)no3)CC2)c1. The van der Waals surface area contributed by atoms with Crippen LogP contribution in [-0.2, 0) is 12.7 Å². The molecule has 0 spiro atoms. The predicted molar refractivity (Wildman–Crippen MR) is 94.3 cm³/mol. The van der Waals surface area contributed by atoms with E-state index in [2.05, 4.69) is 25.0 Å². The van der Waals surface area contributed by atoms with Crippen LogP contribution in [0.4, 0.5) is 18.9 Å². The highest BCUT2D eigenvalue weighted by Gasteiger charge is 2.31. The summed E-state index contributed by atoms with van der Waals surface area (Å²) >= 11 is 0. The first-order valence-electron chi connectivity index (χ1n) is 8.72. The molecule has 0 aliphatic carbocycles. The molecule has 1 aliphatic rings. The number of hydrogen-bond acceptors (Lipinski definition) is 7. The second-order valence-electron chi connectivity index (χ2n) is 6.41. The molecular weight excluding hydrogens is 373 g/mol. The van der Waals surface area contributed by atoms with Gasteiger partial charge in [0.2, 0.25) is 11.7 Å². The van der Waals surface area contributed by atoms with Crippen LogP contribution in [0.5, 0.6) is 0 Å². The summed E-state index contributed by atoms with van der Waals surface area (Å²) in [6, 6.07) is 5.43. The van der Waals surface area contributed by atoms with Gasteiger partial charge in [-0.05, 0) is 18.2 Å². The largest absolute Gasteiger partial charge is 0.416 e. The fraction of sp³-hybridized carbons (Fsp3) is 0.333. The van der Waals surface area contributed by atoms with Crippen molar-refractivity contribution in [3.05, 3.63) is 54.3 Å². The van der Waals surface area contributed by atoms with Crippen LogP contribution in [-0.4, -0.2) is 51.2 Å². The molecule has 0 unspecified atom stereocenters. The Hall–Kier alpha value is -3.01. The summed E-state index contributed by atoms with van der Waals surface area (Å²) < 4.78 is 44.0. The fourth-order valence-corrected chi connectivity index (χ4v) is 3.07. The number of anilines is 1. The fourth-order valence-electron chi connectivity index (χ4n) is 3.07. The van der Waals surface area contributed by atoms with Crippen molar-refractivity contribution >= 4 is 5.69 Å². The molecule has 3 aromatic rings. The Balaban J connectivity index is 1.36.